The fraction of sp³-hybridized carbons (Fsp3) is 0.400. The van der Waals surface area contributed by atoms with E-state index in [0.717, 1.165) is 5.69 Å². The summed E-state index contributed by atoms with van der Waals surface area (Å²) < 4.78 is 5.13. The molecule has 0 atom stereocenters. The second-order valence-electron chi connectivity index (χ2n) is 3.72. The molecule has 17 heavy (non-hydrogen) atoms. The molecule has 1 aliphatic heterocycles. The van der Waals surface area contributed by atoms with Crippen LogP contribution >= 0.6 is 11.6 Å². The van der Waals surface area contributed by atoms with Gasteiger partial charge >= 0.3 is 5.97 Å². The Hall–Kier alpha value is -1.53. The quantitative estimate of drug-likeness (QED) is 0.799. The molecule has 0 aliphatic carbocycles. The first-order valence-corrected chi connectivity index (χ1v) is 5.38. The van der Waals surface area contributed by atoms with Crippen LogP contribution in [0.5, 0.6) is 5.88 Å². The number of carbonyl (C=O) groups excluding carboxylic acids is 1. The van der Waals surface area contributed by atoms with Crippen LogP contribution in [-0.4, -0.2) is 31.2 Å². The summed E-state index contributed by atoms with van der Waals surface area (Å²) in [6.07, 6.45) is 1.51. The van der Waals surface area contributed by atoms with E-state index >= 15 is 0 Å². The van der Waals surface area contributed by atoms with Crippen molar-refractivity contribution in [3.63, 3.8) is 0 Å². The SMILES string of the molecule is COc1ncc(Cl)cc1N1CC(C(=O)ON)C1. The fourth-order valence-electron chi connectivity index (χ4n) is 1.72. The lowest BCUT2D eigenvalue weighted by molar-refractivity contribution is -0.149. The van der Waals surface area contributed by atoms with E-state index in [1.54, 1.807) is 6.07 Å². The van der Waals surface area contributed by atoms with Gasteiger partial charge in [0.2, 0.25) is 5.88 Å². The Balaban J connectivity index is 2.10. The summed E-state index contributed by atoms with van der Waals surface area (Å²) >= 11 is 5.87. The summed E-state index contributed by atoms with van der Waals surface area (Å²) in [5.41, 5.74) is 0.765. The van der Waals surface area contributed by atoms with Crippen LogP contribution in [0.4, 0.5) is 5.69 Å². The van der Waals surface area contributed by atoms with Crippen molar-refractivity contribution in [1.29, 1.82) is 0 Å². The summed E-state index contributed by atoms with van der Waals surface area (Å²) in [6, 6.07) is 1.75. The van der Waals surface area contributed by atoms with Gasteiger partial charge in [0.15, 0.2) is 0 Å². The number of methoxy groups -OCH3 is 1. The van der Waals surface area contributed by atoms with Gasteiger partial charge in [0, 0.05) is 19.3 Å². The third kappa shape index (κ3) is 2.27. The normalized spacial score (nSPS) is 15.4. The Morgan fingerprint density at radius 1 is 1.65 bits per heavy atom. The number of rotatable bonds is 3. The first-order valence-electron chi connectivity index (χ1n) is 5.00. The van der Waals surface area contributed by atoms with E-state index in [4.69, 9.17) is 22.2 Å². The van der Waals surface area contributed by atoms with Gasteiger partial charge in [-0.15, -0.1) is 0 Å². The minimum atomic E-state index is -0.407. The number of halogens is 1. The van der Waals surface area contributed by atoms with Crippen molar-refractivity contribution in [2.45, 2.75) is 0 Å². The highest BCUT2D eigenvalue weighted by Crippen LogP contribution is 2.33. The van der Waals surface area contributed by atoms with Gasteiger partial charge in [0.25, 0.3) is 0 Å². The van der Waals surface area contributed by atoms with E-state index in [1.807, 2.05) is 4.90 Å². The monoisotopic (exact) mass is 257 g/mol. The lowest BCUT2D eigenvalue weighted by Crippen LogP contribution is -2.51. The zero-order valence-corrected chi connectivity index (χ0v) is 9.98. The van der Waals surface area contributed by atoms with E-state index in [1.165, 1.54) is 13.3 Å². The Labute approximate surface area is 103 Å². The maximum atomic E-state index is 11.1. The van der Waals surface area contributed by atoms with Gasteiger partial charge in [0.05, 0.1) is 18.1 Å². The predicted molar refractivity (Wildman–Crippen MR) is 61.8 cm³/mol. The number of nitrogens with zero attached hydrogens (tertiary/aromatic N) is 2. The van der Waals surface area contributed by atoms with E-state index in [2.05, 4.69) is 9.82 Å². The summed E-state index contributed by atoms with van der Waals surface area (Å²) in [5, 5.41) is 0.519. The van der Waals surface area contributed by atoms with Gasteiger partial charge in [-0.05, 0) is 6.07 Å². The Bertz CT molecular complexity index is 435. The number of hydrogen-bond donors (Lipinski definition) is 1. The fourth-order valence-corrected chi connectivity index (χ4v) is 1.87. The molecule has 92 valence electrons. The van der Waals surface area contributed by atoms with Gasteiger partial charge in [-0.3, -0.25) is 0 Å². The molecular weight excluding hydrogens is 246 g/mol. The molecule has 0 radical (unpaired) electrons. The van der Waals surface area contributed by atoms with Crippen LogP contribution in [0.25, 0.3) is 0 Å². The van der Waals surface area contributed by atoms with Crippen LogP contribution < -0.4 is 15.5 Å². The van der Waals surface area contributed by atoms with E-state index in [0.29, 0.717) is 24.0 Å². The lowest BCUT2D eigenvalue weighted by atomic mass is 10.00. The minimum absolute atomic E-state index is 0.205. The molecule has 1 fully saturated rings. The van der Waals surface area contributed by atoms with Crippen LogP contribution in [0.15, 0.2) is 12.3 Å². The van der Waals surface area contributed by atoms with E-state index in [9.17, 15) is 4.79 Å². The molecule has 2 heterocycles. The van der Waals surface area contributed by atoms with Crippen molar-refractivity contribution in [3.05, 3.63) is 17.3 Å². The Kier molecular flexibility index (Phi) is 3.35. The second kappa shape index (κ2) is 4.77. The third-order valence-corrected chi connectivity index (χ3v) is 2.87. The number of ether oxygens (including phenoxy) is 1. The lowest BCUT2D eigenvalue weighted by Gasteiger charge is -2.39. The maximum Gasteiger partial charge on any atom is 0.331 e. The molecule has 1 aromatic rings. The summed E-state index contributed by atoms with van der Waals surface area (Å²) in [6.45, 7) is 1.04. The number of carbonyl (C=O) groups is 1. The van der Waals surface area contributed by atoms with E-state index in [-0.39, 0.29) is 5.92 Å². The Morgan fingerprint density at radius 3 is 2.94 bits per heavy atom. The molecule has 6 nitrogen and oxygen atoms in total. The number of anilines is 1. The molecule has 0 bridgehead atoms. The number of hydrogen-bond acceptors (Lipinski definition) is 6. The number of nitrogens with two attached hydrogens (primary N) is 1. The van der Waals surface area contributed by atoms with Crippen molar-refractivity contribution in [1.82, 2.24) is 4.98 Å². The van der Waals surface area contributed by atoms with Gasteiger partial charge in [-0.2, -0.15) is 5.90 Å². The molecule has 0 unspecified atom stereocenters. The number of pyridine rings is 1. The first kappa shape index (κ1) is 11.9. The molecule has 0 saturated carbocycles. The van der Waals surface area contributed by atoms with Gasteiger partial charge in [-0.1, -0.05) is 11.6 Å². The first-order chi connectivity index (χ1) is 8.15. The molecule has 2 N–H and O–H groups in total. The maximum absolute atomic E-state index is 11.1. The minimum Gasteiger partial charge on any atom is -0.480 e. The summed E-state index contributed by atoms with van der Waals surface area (Å²) in [7, 11) is 1.53. The summed E-state index contributed by atoms with van der Waals surface area (Å²) in [5.74, 6) is 4.69. The zero-order valence-electron chi connectivity index (χ0n) is 9.22. The van der Waals surface area contributed by atoms with Crippen LogP contribution in [0.2, 0.25) is 5.02 Å². The van der Waals surface area contributed by atoms with Crippen molar-refractivity contribution >= 4 is 23.3 Å². The van der Waals surface area contributed by atoms with Crippen LogP contribution in [0.1, 0.15) is 0 Å². The molecule has 0 spiro atoms. The molecular formula is C10H12ClN3O3. The highest BCUT2D eigenvalue weighted by atomic mass is 35.5. The predicted octanol–water partition coefficient (Wildman–Crippen LogP) is 0.597. The molecule has 1 aliphatic rings. The van der Waals surface area contributed by atoms with Gasteiger partial charge in [-0.25, -0.2) is 9.78 Å². The van der Waals surface area contributed by atoms with Gasteiger partial charge < -0.3 is 14.5 Å². The van der Waals surface area contributed by atoms with Crippen molar-refractivity contribution in [2.24, 2.45) is 11.8 Å². The average molecular weight is 258 g/mol. The van der Waals surface area contributed by atoms with Crippen molar-refractivity contribution in [3.8, 4) is 5.88 Å². The highest BCUT2D eigenvalue weighted by Gasteiger charge is 2.35. The zero-order chi connectivity index (χ0) is 12.4. The highest BCUT2D eigenvalue weighted by molar-refractivity contribution is 6.30. The largest absolute Gasteiger partial charge is 0.480 e. The molecule has 0 amide bonds. The van der Waals surface area contributed by atoms with Crippen molar-refractivity contribution in [2.75, 3.05) is 25.1 Å². The molecule has 1 saturated heterocycles. The van der Waals surface area contributed by atoms with Crippen LogP contribution in [-0.2, 0) is 9.63 Å². The Morgan fingerprint density at radius 2 is 2.35 bits per heavy atom. The van der Waals surface area contributed by atoms with Crippen LogP contribution in [0.3, 0.4) is 0 Å². The van der Waals surface area contributed by atoms with E-state index < -0.39 is 5.97 Å². The summed E-state index contributed by atoms with van der Waals surface area (Å²) in [4.78, 5) is 21.3. The number of aromatic nitrogens is 1. The molecule has 7 heteroatoms. The van der Waals surface area contributed by atoms with Crippen molar-refractivity contribution < 1.29 is 14.4 Å². The van der Waals surface area contributed by atoms with Crippen LogP contribution in [0, 0.1) is 5.92 Å². The third-order valence-electron chi connectivity index (χ3n) is 2.66. The molecule has 1 aromatic heterocycles. The average Bonchev–Trinajstić information content (AvgIpc) is 2.27. The topological polar surface area (TPSA) is 77.7 Å². The molecule has 0 aromatic carbocycles. The second-order valence-corrected chi connectivity index (χ2v) is 4.16. The smallest absolute Gasteiger partial charge is 0.331 e. The van der Waals surface area contributed by atoms with Gasteiger partial charge in [0.1, 0.15) is 5.69 Å². The standard InChI is InChI=1S/C10H12ClN3O3/c1-16-9-8(2-7(11)3-13-9)14-4-6(5-14)10(15)17-12/h2-3,6H,4-5,12H2,1H3. The molecule has 2 rings (SSSR count).